The molecule has 5 rings (SSSR count). The summed E-state index contributed by atoms with van der Waals surface area (Å²) in [5.74, 6) is 0.347. The number of halogens is 2. The number of likely N-dealkylation sites (tertiary alicyclic amines) is 1. The van der Waals surface area contributed by atoms with Gasteiger partial charge < -0.3 is 9.64 Å². The average molecular weight is 554 g/mol. The molecular formula is C23H25ClIN3O3. The van der Waals surface area contributed by atoms with Gasteiger partial charge in [0.1, 0.15) is 3.70 Å². The molecule has 31 heavy (non-hydrogen) atoms. The molecule has 0 bridgehead atoms. The van der Waals surface area contributed by atoms with Crippen LogP contribution in [0.4, 0.5) is 0 Å². The van der Waals surface area contributed by atoms with Crippen molar-refractivity contribution in [2.24, 2.45) is 5.41 Å². The standard InChI is InChI=1S/C23H25ClIN3O3/c1-23(22(30)27-11-14(12-27)31-2)9-8-16-18(10-23)28(26-20(16)25)21(29)19-15(13-6-7-13)4-3-5-17(19)24/h3-5,13-14H,6-12H2,1-2H3. The summed E-state index contributed by atoms with van der Waals surface area (Å²) in [7, 11) is 1.68. The first kappa shape index (κ1) is 21.4. The van der Waals surface area contributed by atoms with Crippen LogP contribution in [-0.4, -0.2) is 52.8 Å². The number of hydrogen-bond donors (Lipinski definition) is 0. The summed E-state index contributed by atoms with van der Waals surface area (Å²) in [6.45, 7) is 3.29. The van der Waals surface area contributed by atoms with Crippen LogP contribution in [-0.2, 0) is 22.4 Å². The fourth-order valence-corrected chi connectivity index (χ4v) is 5.89. The summed E-state index contributed by atoms with van der Waals surface area (Å²) in [4.78, 5) is 28.8. The fourth-order valence-electron chi connectivity index (χ4n) is 4.84. The quantitative estimate of drug-likeness (QED) is 0.536. The van der Waals surface area contributed by atoms with Crippen LogP contribution >= 0.6 is 34.2 Å². The number of aromatic nitrogens is 2. The molecular weight excluding hydrogens is 529 g/mol. The van der Waals surface area contributed by atoms with Gasteiger partial charge in [0.25, 0.3) is 5.91 Å². The minimum atomic E-state index is -0.549. The number of carbonyl (C=O) groups is 2. The highest BCUT2D eigenvalue weighted by molar-refractivity contribution is 14.1. The zero-order valence-corrected chi connectivity index (χ0v) is 20.6. The topological polar surface area (TPSA) is 64.4 Å². The van der Waals surface area contributed by atoms with Crippen molar-refractivity contribution in [1.29, 1.82) is 0 Å². The molecule has 6 nitrogen and oxygen atoms in total. The summed E-state index contributed by atoms with van der Waals surface area (Å²) < 4.78 is 7.68. The van der Waals surface area contributed by atoms with Gasteiger partial charge in [0.15, 0.2) is 0 Å². The van der Waals surface area contributed by atoms with Crippen LogP contribution in [0.1, 0.15) is 59.3 Å². The Bertz CT molecular complexity index is 1070. The summed E-state index contributed by atoms with van der Waals surface area (Å²) in [6, 6.07) is 5.68. The maximum atomic E-state index is 13.7. The van der Waals surface area contributed by atoms with Gasteiger partial charge in [-0.1, -0.05) is 30.7 Å². The van der Waals surface area contributed by atoms with E-state index in [0.29, 0.717) is 36.0 Å². The zero-order chi connectivity index (χ0) is 21.9. The Kier molecular flexibility index (Phi) is 5.42. The number of hydrogen-bond acceptors (Lipinski definition) is 4. The number of ether oxygens (including phenoxy) is 1. The normalized spacial score (nSPS) is 23.4. The van der Waals surface area contributed by atoms with Crippen LogP contribution in [0.15, 0.2) is 18.2 Å². The van der Waals surface area contributed by atoms with Crippen LogP contribution in [0.5, 0.6) is 0 Å². The molecule has 1 amide bonds. The highest BCUT2D eigenvalue weighted by Crippen LogP contribution is 2.44. The number of amides is 1. The first-order valence-corrected chi connectivity index (χ1v) is 12.2. The number of nitrogens with zero attached hydrogens (tertiary/aromatic N) is 3. The van der Waals surface area contributed by atoms with Gasteiger partial charge in [-0.2, -0.15) is 9.78 Å². The maximum absolute atomic E-state index is 13.7. The smallest absolute Gasteiger partial charge is 0.280 e. The van der Waals surface area contributed by atoms with Crippen molar-refractivity contribution in [2.45, 2.75) is 51.0 Å². The SMILES string of the molecule is COC1CN(C(=O)C2(C)CCc3c(I)nn(C(=O)c4c(Cl)cccc4C4CC4)c3C2)C1. The molecule has 3 aliphatic rings. The third-order valence-corrected chi connectivity index (χ3v) is 8.16. The van der Waals surface area contributed by atoms with Gasteiger partial charge in [-0.25, -0.2) is 0 Å². The first-order chi connectivity index (χ1) is 14.8. The largest absolute Gasteiger partial charge is 0.378 e. The van der Waals surface area contributed by atoms with E-state index in [9.17, 15) is 9.59 Å². The van der Waals surface area contributed by atoms with E-state index in [4.69, 9.17) is 16.3 Å². The van der Waals surface area contributed by atoms with Gasteiger partial charge >= 0.3 is 0 Å². The Morgan fingerprint density at radius 3 is 2.71 bits per heavy atom. The molecule has 1 unspecified atom stereocenters. The molecule has 1 aliphatic heterocycles. The third kappa shape index (κ3) is 3.62. The Labute approximate surface area is 200 Å². The number of carbonyl (C=O) groups excluding carboxylic acids is 2. The monoisotopic (exact) mass is 553 g/mol. The van der Waals surface area contributed by atoms with Crippen molar-refractivity contribution < 1.29 is 14.3 Å². The average Bonchev–Trinajstić information content (AvgIpc) is 3.51. The van der Waals surface area contributed by atoms with Crippen molar-refractivity contribution in [1.82, 2.24) is 14.7 Å². The Morgan fingerprint density at radius 2 is 2.03 bits per heavy atom. The van der Waals surface area contributed by atoms with E-state index < -0.39 is 5.41 Å². The van der Waals surface area contributed by atoms with Crippen molar-refractivity contribution in [2.75, 3.05) is 20.2 Å². The fraction of sp³-hybridized carbons (Fsp3) is 0.522. The molecule has 2 heterocycles. The molecule has 8 heteroatoms. The van der Waals surface area contributed by atoms with Crippen molar-refractivity contribution in [3.8, 4) is 0 Å². The number of rotatable bonds is 4. The predicted molar refractivity (Wildman–Crippen MR) is 126 cm³/mol. The lowest BCUT2D eigenvalue weighted by Gasteiger charge is -2.44. The Balaban J connectivity index is 1.48. The third-order valence-electron chi connectivity index (χ3n) is 6.98. The van der Waals surface area contributed by atoms with Crippen molar-refractivity contribution in [3.63, 3.8) is 0 Å². The zero-order valence-electron chi connectivity index (χ0n) is 17.7. The molecule has 2 fully saturated rings. The van der Waals surface area contributed by atoms with Gasteiger partial charge in [0, 0.05) is 32.2 Å². The second-order valence-electron chi connectivity index (χ2n) is 9.22. The predicted octanol–water partition coefficient (Wildman–Crippen LogP) is 4.06. The molecule has 0 N–H and O–H groups in total. The summed E-state index contributed by atoms with van der Waals surface area (Å²) in [5.41, 5.74) is 2.95. The molecule has 2 aromatic rings. The molecule has 164 valence electrons. The number of benzene rings is 1. The molecule has 2 aliphatic carbocycles. The lowest BCUT2D eigenvalue weighted by molar-refractivity contribution is -0.154. The van der Waals surface area contributed by atoms with Gasteiger partial charge in [0.05, 0.1) is 27.8 Å². The highest BCUT2D eigenvalue weighted by Gasteiger charge is 2.45. The lowest BCUT2D eigenvalue weighted by Crippen LogP contribution is -2.59. The second kappa shape index (κ2) is 7.85. The van der Waals surface area contributed by atoms with Gasteiger partial charge in [-0.05, 0) is 65.8 Å². The highest BCUT2D eigenvalue weighted by atomic mass is 127. The molecule has 1 saturated heterocycles. The molecule has 1 aromatic heterocycles. The molecule has 0 spiro atoms. The molecule has 1 atom stereocenters. The minimum absolute atomic E-state index is 0.126. The van der Waals surface area contributed by atoms with Crippen molar-refractivity contribution >= 4 is 46.0 Å². The van der Waals surface area contributed by atoms with E-state index in [1.165, 1.54) is 4.68 Å². The lowest BCUT2D eigenvalue weighted by atomic mass is 9.73. The van der Waals surface area contributed by atoms with Gasteiger partial charge in [-0.3, -0.25) is 9.59 Å². The first-order valence-electron chi connectivity index (χ1n) is 10.7. The number of fused-ring (bicyclic) bond motifs is 1. The van der Waals surface area contributed by atoms with Crippen molar-refractivity contribution in [3.05, 3.63) is 49.3 Å². The Hall–Kier alpha value is -1.45. The van der Waals surface area contributed by atoms with Crippen LogP contribution in [0, 0.1) is 9.12 Å². The van der Waals surface area contributed by atoms with Crippen LogP contribution in [0.3, 0.4) is 0 Å². The minimum Gasteiger partial charge on any atom is -0.378 e. The molecule has 1 saturated carbocycles. The van der Waals surface area contributed by atoms with E-state index in [1.807, 2.05) is 24.0 Å². The maximum Gasteiger partial charge on any atom is 0.280 e. The van der Waals surface area contributed by atoms with E-state index in [2.05, 4.69) is 27.7 Å². The van der Waals surface area contributed by atoms with Gasteiger partial charge in [-0.15, -0.1) is 0 Å². The van der Waals surface area contributed by atoms with Gasteiger partial charge in [0.2, 0.25) is 5.91 Å². The van der Waals surface area contributed by atoms with E-state index in [-0.39, 0.29) is 17.9 Å². The van der Waals surface area contributed by atoms with E-state index in [1.54, 1.807) is 13.2 Å². The van der Waals surface area contributed by atoms with Crippen LogP contribution in [0.25, 0.3) is 0 Å². The Morgan fingerprint density at radius 1 is 1.29 bits per heavy atom. The summed E-state index contributed by atoms with van der Waals surface area (Å²) in [5, 5.41) is 5.08. The number of methoxy groups -OCH3 is 1. The second-order valence-corrected chi connectivity index (χ2v) is 10.6. The molecule has 1 aromatic carbocycles. The summed E-state index contributed by atoms with van der Waals surface area (Å²) >= 11 is 8.70. The molecule has 0 radical (unpaired) electrons. The summed E-state index contributed by atoms with van der Waals surface area (Å²) in [6.07, 6.45) is 4.28. The van der Waals surface area contributed by atoms with E-state index >= 15 is 0 Å². The van der Waals surface area contributed by atoms with Crippen LogP contribution in [0.2, 0.25) is 5.02 Å². The van der Waals surface area contributed by atoms with E-state index in [0.717, 1.165) is 46.2 Å². The van der Waals surface area contributed by atoms with Crippen LogP contribution < -0.4 is 0 Å².